The zero-order valence-corrected chi connectivity index (χ0v) is 11.1. The van der Waals surface area contributed by atoms with Crippen LogP contribution < -0.4 is 10.5 Å². The van der Waals surface area contributed by atoms with Gasteiger partial charge < -0.3 is 5.73 Å². The normalized spacial score (nSPS) is 28.9. The summed E-state index contributed by atoms with van der Waals surface area (Å²) in [6, 6.07) is -0.0664. The molecule has 1 heterocycles. The van der Waals surface area contributed by atoms with Gasteiger partial charge in [0.1, 0.15) is 0 Å². The second kappa shape index (κ2) is 6.09. The average molecular weight is 268 g/mol. The van der Waals surface area contributed by atoms with Gasteiger partial charge in [0.15, 0.2) is 0 Å². The molecule has 3 N–H and O–H groups in total. The minimum atomic E-state index is -3.31. The molecule has 0 spiro atoms. The zero-order valence-electron chi connectivity index (χ0n) is 9.52. The van der Waals surface area contributed by atoms with E-state index < -0.39 is 26.1 Å². The molecule has 96 valence electrons. The third-order valence-electron chi connectivity index (χ3n) is 2.88. The highest BCUT2D eigenvalue weighted by Gasteiger charge is 2.27. The first kappa shape index (κ1) is 14.1. The smallest absolute Gasteiger partial charge is 0.215 e. The fourth-order valence-corrected chi connectivity index (χ4v) is 4.64. The molecule has 1 fully saturated rings. The van der Waals surface area contributed by atoms with E-state index >= 15 is 0 Å². The highest BCUT2D eigenvalue weighted by Crippen LogP contribution is 2.12. The molecule has 1 saturated heterocycles. The van der Waals surface area contributed by atoms with Crippen LogP contribution in [0.1, 0.15) is 26.2 Å². The summed E-state index contributed by atoms with van der Waals surface area (Å²) in [6.45, 7) is 1.96. The molecular formula is C9H20N2O3S2. The Kier molecular flexibility index (Phi) is 5.36. The van der Waals surface area contributed by atoms with Crippen LogP contribution in [-0.2, 0) is 20.8 Å². The summed E-state index contributed by atoms with van der Waals surface area (Å²) >= 11 is 0. The van der Waals surface area contributed by atoms with Gasteiger partial charge in [-0.2, -0.15) is 0 Å². The molecule has 0 aromatic rings. The third-order valence-corrected chi connectivity index (χ3v) is 6.32. The third kappa shape index (κ3) is 3.80. The Morgan fingerprint density at radius 2 is 2.00 bits per heavy atom. The summed E-state index contributed by atoms with van der Waals surface area (Å²) in [4.78, 5) is 0. The first-order chi connectivity index (χ1) is 7.49. The van der Waals surface area contributed by atoms with Crippen molar-refractivity contribution in [1.82, 2.24) is 4.72 Å². The van der Waals surface area contributed by atoms with Crippen LogP contribution in [0.3, 0.4) is 0 Å². The predicted molar refractivity (Wildman–Crippen MR) is 66.1 cm³/mol. The van der Waals surface area contributed by atoms with Crippen molar-refractivity contribution >= 4 is 20.8 Å². The number of rotatable bonds is 5. The van der Waals surface area contributed by atoms with Crippen molar-refractivity contribution in [2.45, 2.75) is 37.5 Å². The Hall–Kier alpha value is 0.0200. The number of hydrogen-bond donors (Lipinski definition) is 2. The van der Waals surface area contributed by atoms with Crippen LogP contribution in [-0.4, -0.2) is 42.0 Å². The molecule has 0 aromatic carbocycles. The van der Waals surface area contributed by atoms with E-state index in [4.69, 9.17) is 5.73 Å². The molecule has 7 heteroatoms. The summed E-state index contributed by atoms with van der Waals surface area (Å²) < 4.78 is 37.6. The van der Waals surface area contributed by atoms with Gasteiger partial charge in [-0.15, -0.1) is 0 Å². The molecule has 0 saturated carbocycles. The van der Waals surface area contributed by atoms with Gasteiger partial charge in [-0.05, 0) is 19.3 Å². The van der Waals surface area contributed by atoms with Crippen molar-refractivity contribution in [1.29, 1.82) is 0 Å². The molecule has 0 bridgehead atoms. The Labute approximate surface area is 99.7 Å². The molecule has 0 radical (unpaired) electrons. The molecule has 1 atom stereocenters. The average Bonchev–Trinajstić information content (AvgIpc) is 2.22. The van der Waals surface area contributed by atoms with E-state index in [9.17, 15) is 12.6 Å². The van der Waals surface area contributed by atoms with Crippen molar-refractivity contribution < 1.29 is 12.6 Å². The second-order valence-electron chi connectivity index (χ2n) is 4.05. The van der Waals surface area contributed by atoms with Crippen LogP contribution in [0.2, 0.25) is 0 Å². The van der Waals surface area contributed by atoms with E-state index in [2.05, 4.69) is 4.72 Å². The molecule has 0 aromatic heterocycles. The van der Waals surface area contributed by atoms with E-state index in [0.717, 1.165) is 0 Å². The van der Waals surface area contributed by atoms with Gasteiger partial charge in [-0.25, -0.2) is 13.1 Å². The number of nitrogens with two attached hydrogens (primary N) is 1. The van der Waals surface area contributed by atoms with Gasteiger partial charge in [0.2, 0.25) is 10.0 Å². The lowest BCUT2D eigenvalue weighted by Gasteiger charge is -2.24. The molecule has 1 rings (SSSR count). The fourth-order valence-electron chi connectivity index (χ4n) is 1.75. The number of hydrogen-bond acceptors (Lipinski definition) is 4. The molecule has 1 aliphatic rings. The topological polar surface area (TPSA) is 89.3 Å². The summed E-state index contributed by atoms with van der Waals surface area (Å²) in [5, 5.41) is -0.514. The minimum Gasteiger partial charge on any atom is -0.329 e. The maximum Gasteiger partial charge on any atom is 0.215 e. The predicted octanol–water partition coefficient (Wildman–Crippen LogP) is -0.446. The quantitative estimate of drug-likeness (QED) is 0.707. The SMILES string of the molecule is CCC(CN)S(=O)(=O)NC1CCS(=O)CC1. The zero-order chi connectivity index (χ0) is 12.2. The lowest BCUT2D eigenvalue weighted by atomic mass is 10.2. The number of nitrogens with one attached hydrogen (secondary N) is 1. The first-order valence-corrected chi connectivity index (χ1v) is 8.59. The van der Waals surface area contributed by atoms with E-state index in [0.29, 0.717) is 30.8 Å². The summed E-state index contributed by atoms with van der Waals surface area (Å²) in [5.74, 6) is 1.18. The first-order valence-electron chi connectivity index (χ1n) is 5.55. The monoisotopic (exact) mass is 268 g/mol. The van der Waals surface area contributed by atoms with Crippen LogP contribution in [0.25, 0.3) is 0 Å². The van der Waals surface area contributed by atoms with Gasteiger partial charge in [0.05, 0.1) is 5.25 Å². The Morgan fingerprint density at radius 3 is 2.44 bits per heavy atom. The maximum absolute atomic E-state index is 11.9. The van der Waals surface area contributed by atoms with Gasteiger partial charge in [-0.1, -0.05) is 6.92 Å². The van der Waals surface area contributed by atoms with Crippen LogP contribution in [0.15, 0.2) is 0 Å². The summed E-state index contributed by atoms with van der Waals surface area (Å²) in [6.07, 6.45) is 1.84. The van der Waals surface area contributed by atoms with Gasteiger partial charge in [-0.3, -0.25) is 4.21 Å². The van der Waals surface area contributed by atoms with E-state index in [1.807, 2.05) is 6.92 Å². The molecule has 0 amide bonds. The maximum atomic E-state index is 11.9. The highest BCUT2D eigenvalue weighted by molar-refractivity contribution is 7.90. The van der Waals surface area contributed by atoms with E-state index in [1.54, 1.807) is 0 Å². The molecule has 16 heavy (non-hydrogen) atoms. The summed E-state index contributed by atoms with van der Waals surface area (Å²) in [5.41, 5.74) is 5.43. The molecule has 1 unspecified atom stereocenters. The lowest BCUT2D eigenvalue weighted by Crippen LogP contribution is -2.45. The largest absolute Gasteiger partial charge is 0.329 e. The molecular weight excluding hydrogens is 248 g/mol. The minimum absolute atomic E-state index is 0.0664. The van der Waals surface area contributed by atoms with Gasteiger partial charge in [0.25, 0.3) is 0 Å². The Morgan fingerprint density at radius 1 is 1.44 bits per heavy atom. The van der Waals surface area contributed by atoms with Crippen molar-refractivity contribution in [3.8, 4) is 0 Å². The molecule has 0 aliphatic carbocycles. The second-order valence-corrected chi connectivity index (χ2v) is 7.74. The van der Waals surface area contributed by atoms with Crippen LogP contribution in [0, 0.1) is 0 Å². The Bertz CT molecular complexity index is 329. The molecule has 5 nitrogen and oxygen atoms in total. The van der Waals surface area contributed by atoms with E-state index in [1.165, 1.54) is 0 Å². The lowest BCUT2D eigenvalue weighted by molar-refractivity contribution is 0.510. The Balaban J connectivity index is 2.55. The van der Waals surface area contributed by atoms with Gasteiger partial charge >= 0.3 is 0 Å². The van der Waals surface area contributed by atoms with Crippen molar-refractivity contribution in [2.75, 3.05) is 18.1 Å². The van der Waals surface area contributed by atoms with Crippen molar-refractivity contribution in [2.24, 2.45) is 5.73 Å². The highest BCUT2D eigenvalue weighted by atomic mass is 32.2. The van der Waals surface area contributed by atoms with Gasteiger partial charge in [0, 0.05) is 34.9 Å². The number of sulfonamides is 1. The van der Waals surface area contributed by atoms with Crippen LogP contribution in [0.4, 0.5) is 0 Å². The molecule has 1 aliphatic heterocycles. The van der Waals surface area contributed by atoms with Crippen molar-refractivity contribution in [3.63, 3.8) is 0 Å². The van der Waals surface area contributed by atoms with E-state index in [-0.39, 0.29) is 12.6 Å². The van der Waals surface area contributed by atoms with Crippen LogP contribution >= 0.6 is 0 Å². The summed E-state index contributed by atoms with van der Waals surface area (Å²) in [7, 11) is -4.08. The fraction of sp³-hybridized carbons (Fsp3) is 1.00. The van der Waals surface area contributed by atoms with Crippen LogP contribution in [0.5, 0.6) is 0 Å². The standard InChI is InChI=1S/C9H20N2O3S2/c1-2-9(7-10)16(13,14)11-8-3-5-15(12)6-4-8/h8-9,11H,2-7,10H2,1H3. The van der Waals surface area contributed by atoms with Crippen molar-refractivity contribution in [3.05, 3.63) is 0 Å².